The third-order valence-electron chi connectivity index (χ3n) is 4.27. The van der Waals surface area contributed by atoms with Gasteiger partial charge < -0.3 is 10.1 Å². The number of halogens is 1. The van der Waals surface area contributed by atoms with Crippen LogP contribution in [0.3, 0.4) is 0 Å². The number of anilines is 1. The molecule has 2 rings (SSSR count). The predicted octanol–water partition coefficient (Wildman–Crippen LogP) is 2.74. The largest absolute Gasteiger partial charge is 0.497 e. The maximum absolute atomic E-state index is 13.1. The molecule has 0 unspecified atom stereocenters. The Hall–Kier alpha value is -2.61. The first-order chi connectivity index (χ1) is 13.2. The Kier molecular flexibility index (Phi) is 7.39. The van der Waals surface area contributed by atoms with E-state index in [9.17, 15) is 17.6 Å². The number of nitrogens with zero attached hydrogens (tertiary/aromatic N) is 1. The highest BCUT2D eigenvalue weighted by Crippen LogP contribution is 2.21. The zero-order chi connectivity index (χ0) is 20.7. The van der Waals surface area contributed by atoms with Gasteiger partial charge in [-0.1, -0.05) is 12.1 Å². The Morgan fingerprint density at radius 3 is 2.29 bits per heavy atom. The summed E-state index contributed by atoms with van der Waals surface area (Å²) in [5, 5.41) is 2.77. The van der Waals surface area contributed by atoms with Gasteiger partial charge in [-0.25, -0.2) is 12.8 Å². The van der Waals surface area contributed by atoms with Gasteiger partial charge in [-0.3, -0.25) is 9.10 Å². The number of carbonyl (C=O) groups is 1. The lowest BCUT2D eigenvalue weighted by Gasteiger charge is -2.28. The number of sulfonamides is 1. The van der Waals surface area contributed by atoms with Gasteiger partial charge in [0.15, 0.2) is 0 Å². The Labute approximate surface area is 165 Å². The number of nitrogens with one attached hydrogen (secondary N) is 1. The molecule has 0 radical (unpaired) electrons. The summed E-state index contributed by atoms with van der Waals surface area (Å²) < 4.78 is 43.6. The molecule has 0 spiro atoms. The van der Waals surface area contributed by atoms with Gasteiger partial charge in [-0.15, -0.1) is 0 Å². The normalized spacial score (nSPS) is 12.3. The first-order valence-electron chi connectivity index (χ1n) is 8.88. The van der Waals surface area contributed by atoms with Crippen LogP contribution in [0.25, 0.3) is 0 Å². The fraction of sp³-hybridized carbons (Fsp3) is 0.350. The number of aryl methyl sites for hydroxylation is 1. The molecule has 0 aliphatic carbocycles. The minimum absolute atomic E-state index is 0.241. The second kappa shape index (κ2) is 9.54. The van der Waals surface area contributed by atoms with Gasteiger partial charge in [0.05, 0.1) is 19.1 Å². The van der Waals surface area contributed by atoms with Crippen LogP contribution in [0.1, 0.15) is 18.9 Å². The van der Waals surface area contributed by atoms with Crippen molar-refractivity contribution in [2.45, 2.75) is 25.8 Å². The summed E-state index contributed by atoms with van der Waals surface area (Å²) in [6.07, 6.45) is 2.50. The summed E-state index contributed by atoms with van der Waals surface area (Å²) in [5.74, 6) is -0.107. The van der Waals surface area contributed by atoms with Crippen LogP contribution >= 0.6 is 0 Å². The van der Waals surface area contributed by atoms with E-state index in [1.807, 2.05) is 24.3 Å². The third-order valence-corrected chi connectivity index (χ3v) is 5.51. The van der Waals surface area contributed by atoms with Crippen LogP contribution in [-0.2, 0) is 21.2 Å². The molecule has 152 valence electrons. The van der Waals surface area contributed by atoms with Crippen LogP contribution < -0.4 is 14.4 Å². The Morgan fingerprint density at radius 2 is 1.75 bits per heavy atom. The summed E-state index contributed by atoms with van der Waals surface area (Å²) in [4.78, 5) is 12.5. The summed E-state index contributed by atoms with van der Waals surface area (Å²) in [6.45, 7) is 1.92. The van der Waals surface area contributed by atoms with Crippen molar-refractivity contribution in [1.82, 2.24) is 5.32 Å². The van der Waals surface area contributed by atoms with Crippen LogP contribution in [0.4, 0.5) is 10.1 Å². The molecule has 8 heteroatoms. The number of hydrogen-bond donors (Lipinski definition) is 1. The fourth-order valence-electron chi connectivity index (χ4n) is 2.84. The minimum atomic E-state index is -3.72. The molecule has 2 aromatic rings. The van der Waals surface area contributed by atoms with Gasteiger partial charge in [-0.2, -0.15) is 0 Å². The SMILES string of the molecule is COc1ccc(CCCNC(=O)[C@@H](C)N(c2ccc(F)cc2)S(C)(=O)=O)cc1. The highest BCUT2D eigenvalue weighted by molar-refractivity contribution is 7.92. The second-order valence-electron chi connectivity index (χ2n) is 6.45. The summed E-state index contributed by atoms with van der Waals surface area (Å²) >= 11 is 0. The van der Waals surface area contributed by atoms with Crippen molar-refractivity contribution in [1.29, 1.82) is 0 Å². The molecule has 0 bridgehead atoms. The lowest BCUT2D eigenvalue weighted by molar-refractivity contribution is -0.121. The standard InChI is InChI=1S/C20H25FN2O4S/c1-15(23(28(3,25)26)18-10-8-17(21)9-11-18)20(24)22-14-4-5-16-6-12-19(27-2)13-7-16/h6-13,15H,4-5,14H2,1-3H3,(H,22,24)/t15-/m1/s1. The van der Waals surface area contributed by atoms with E-state index in [4.69, 9.17) is 4.74 Å². The molecule has 0 heterocycles. The molecule has 0 fully saturated rings. The topological polar surface area (TPSA) is 75.7 Å². The number of carbonyl (C=O) groups excluding carboxylic acids is 1. The lowest BCUT2D eigenvalue weighted by Crippen LogP contribution is -2.48. The molecular formula is C20H25FN2O4S. The van der Waals surface area contributed by atoms with Crippen LogP contribution in [0.2, 0.25) is 0 Å². The molecule has 2 aromatic carbocycles. The molecular weight excluding hydrogens is 383 g/mol. The smallest absolute Gasteiger partial charge is 0.243 e. The Balaban J connectivity index is 1.94. The summed E-state index contributed by atoms with van der Waals surface area (Å²) in [5.41, 5.74) is 1.36. The van der Waals surface area contributed by atoms with Crippen molar-refractivity contribution < 1.29 is 22.3 Å². The van der Waals surface area contributed by atoms with E-state index < -0.39 is 27.8 Å². The number of ether oxygens (including phenoxy) is 1. The third kappa shape index (κ3) is 5.95. The van der Waals surface area contributed by atoms with E-state index in [1.54, 1.807) is 7.11 Å². The van der Waals surface area contributed by atoms with Crippen molar-refractivity contribution in [2.75, 3.05) is 24.2 Å². The zero-order valence-electron chi connectivity index (χ0n) is 16.2. The summed E-state index contributed by atoms with van der Waals surface area (Å²) in [7, 11) is -2.11. The monoisotopic (exact) mass is 408 g/mol. The average molecular weight is 408 g/mol. The molecule has 1 atom stereocenters. The van der Waals surface area contributed by atoms with Crippen molar-refractivity contribution in [3.8, 4) is 5.75 Å². The van der Waals surface area contributed by atoms with E-state index in [0.29, 0.717) is 13.0 Å². The van der Waals surface area contributed by atoms with Gasteiger partial charge in [0.25, 0.3) is 0 Å². The van der Waals surface area contributed by atoms with Gasteiger partial charge in [0, 0.05) is 6.54 Å². The number of amides is 1. The highest BCUT2D eigenvalue weighted by Gasteiger charge is 2.28. The molecule has 1 amide bonds. The lowest BCUT2D eigenvalue weighted by atomic mass is 10.1. The van der Waals surface area contributed by atoms with E-state index in [1.165, 1.54) is 19.1 Å². The fourth-order valence-corrected chi connectivity index (χ4v) is 4.02. The van der Waals surface area contributed by atoms with Crippen molar-refractivity contribution in [3.63, 3.8) is 0 Å². The molecule has 6 nitrogen and oxygen atoms in total. The van der Waals surface area contributed by atoms with Gasteiger partial charge in [0.2, 0.25) is 15.9 Å². The van der Waals surface area contributed by atoms with E-state index >= 15 is 0 Å². The van der Waals surface area contributed by atoms with Crippen molar-refractivity contribution in [2.24, 2.45) is 0 Å². The molecule has 0 saturated heterocycles. The van der Waals surface area contributed by atoms with Crippen molar-refractivity contribution >= 4 is 21.6 Å². The maximum atomic E-state index is 13.1. The molecule has 28 heavy (non-hydrogen) atoms. The Morgan fingerprint density at radius 1 is 1.14 bits per heavy atom. The molecule has 0 aliphatic rings. The zero-order valence-corrected chi connectivity index (χ0v) is 17.0. The predicted molar refractivity (Wildman–Crippen MR) is 108 cm³/mol. The van der Waals surface area contributed by atoms with E-state index in [2.05, 4.69) is 5.32 Å². The first-order valence-corrected chi connectivity index (χ1v) is 10.7. The molecule has 0 aromatic heterocycles. The quantitative estimate of drug-likeness (QED) is 0.648. The highest BCUT2D eigenvalue weighted by atomic mass is 32.2. The van der Waals surface area contributed by atoms with E-state index in [0.717, 1.165) is 40.4 Å². The number of methoxy groups -OCH3 is 1. The van der Waals surface area contributed by atoms with E-state index in [-0.39, 0.29) is 5.69 Å². The van der Waals surface area contributed by atoms with Crippen LogP contribution in [0, 0.1) is 5.82 Å². The van der Waals surface area contributed by atoms with Gasteiger partial charge in [-0.05, 0) is 61.7 Å². The molecule has 0 saturated carbocycles. The van der Waals surface area contributed by atoms with Crippen LogP contribution in [0.5, 0.6) is 5.75 Å². The summed E-state index contributed by atoms with van der Waals surface area (Å²) in [6, 6.07) is 11.7. The number of benzene rings is 2. The van der Waals surface area contributed by atoms with Crippen LogP contribution in [0.15, 0.2) is 48.5 Å². The molecule has 1 N–H and O–H groups in total. The minimum Gasteiger partial charge on any atom is -0.497 e. The second-order valence-corrected chi connectivity index (χ2v) is 8.31. The maximum Gasteiger partial charge on any atom is 0.243 e. The number of rotatable bonds is 9. The Bertz CT molecular complexity index is 883. The van der Waals surface area contributed by atoms with Crippen LogP contribution in [-0.4, -0.2) is 40.3 Å². The average Bonchev–Trinajstić information content (AvgIpc) is 2.66. The first kappa shape index (κ1) is 21.7. The van der Waals surface area contributed by atoms with Gasteiger partial charge >= 0.3 is 0 Å². The molecule has 0 aliphatic heterocycles. The van der Waals surface area contributed by atoms with Crippen molar-refractivity contribution in [3.05, 3.63) is 59.9 Å². The van der Waals surface area contributed by atoms with Gasteiger partial charge in [0.1, 0.15) is 17.6 Å². The number of hydrogen-bond acceptors (Lipinski definition) is 4.